The van der Waals surface area contributed by atoms with E-state index in [2.05, 4.69) is 39.6 Å². The van der Waals surface area contributed by atoms with Gasteiger partial charge in [0.25, 0.3) is 0 Å². The summed E-state index contributed by atoms with van der Waals surface area (Å²) >= 11 is 0. The van der Waals surface area contributed by atoms with E-state index >= 15 is 0 Å². The number of fused-ring (bicyclic) bond motifs is 1. The standard InChI is InChI=1S/C25H25N5O/c1-28-11-3-12-29(14-13-28)18-22-25(20-7-5-19(16-26)6-8-20)27-24-10-9-21(17-30(22)24)23-4-2-15-31-23/h2,4-10,15,17H,3,11-14,18H2,1H3. The van der Waals surface area contributed by atoms with Crippen molar-refractivity contribution >= 4 is 5.65 Å². The Morgan fingerprint density at radius 3 is 2.61 bits per heavy atom. The Labute approximate surface area is 182 Å². The quantitative estimate of drug-likeness (QED) is 0.502. The molecule has 0 radical (unpaired) electrons. The van der Waals surface area contributed by atoms with E-state index in [-0.39, 0.29) is 0 Å². The summed E-state index contributed by atoms with van der Waals surface area (Å²) in [5.41, 5.74) is 5.76. The lowest BCUT2D eigenvalue weighted by Crippen LogP contribution is -2.29. The Morgan fingerprint density at radius 2 is 1.84 bits per heavy atom. The highest BCUT2D eigenvalue weighted by molar-refractivity contribution is 5.69. The lowest BCUT2D eigenvalue weighted by Gasteiger charge is -2.20. The molecule has 1 aliphatic heterocycles. The Hall–Kier alpha value is -3.40. The molecule has 0 amide bonds. The van der Waals surface area contributed by atoms with E-state index in [9.17, 15) is 0 Å². The molecule has 4 heterocycles. The predicted molar refractivity (Wildman–Crippen MR) is 120 cm³/mol. The first kappa shape index (κ1) is 19.6. The number of hydrogen-bond acceptors (Lipinski definition) is 5. The smallest absolute Gasteiger partial charge is 0.137 e. The number of rotatable bonds is 4. The number of likely N-dealkylation sites (N-methyl/N-ethyl adjacent to an activating group) is 1. The third kappa shape index (κ3) is 3.98. The summed E-state index contributed by atoms with van der Waals surface area (Å²) in [6.07, 6.45) is 4.98. The predicted octanol–water partition coefficient (Wildman–Crippen LogP) is 4.27. The van der Waals surface area contributed by atoms with Crippen LogP contribution in [0.5, 0.6) is 0 Å². The molecule has 6 nitrogen and oxygen atoms in total. The van der Waals surface area contributed by atoms with Crippen LogP contribution < -0.4 is 0 Å². The van der Waals surface area contributed by atoms with Crippen LogP contribution in [0.3, 0.4) is 0 Å². The first-order chi connectivity index (χ1) is 15.2. The molecule has 0 N–H and O–H groups in total. The van der Waals surface area contributed by atoms with Crippen molar-refractivity contribution in [2.45, 2.75) is 13.0 Å². The largest absolute Gasteiger partial charge is 0.464 e. The maximum atomic E-state index is 9.16. The summed E-state index contributed by atoms with van der Waals surface area (Å²) in [5, 5.41) is 9.16. The molecule has 0 saturated carbocycles. The number of aromatic nitrogens is 2. The fourth-order valence-electron chi connectivity index (χ4n) is 4.24. The van der Waals surface area contributed by atoms with E-state index in [4.69, 9.17) is 14.7 Å². The van der Waals surface area contributed by atoms with Crippen molar-refractivity contribution in [1.82, 2.24) is 19.2 Å². The van der Waals surface area contributed by atoms with Crippen molar-refractivity contribution in [2.24, 2.45) is 0 Å². The molecule has 6 heteroatoms. The maximum Gasteiger partial charge on any atom is 0.137 e. The molecule has 31 heavy (non-hydrogen) atoms. The van der Waals surface area contributed by atoms with Gasteiger partial charge < -0.3 is 13.7 Å². The van der Waals surface area contributed by atoms with Crippen molar-refractivity contribution in [1.29, 1.82) is 5.26 Å². The van der Waals surface area contributed by atoms with Crippen LogP contribution in [-0.2, 0) is 6.54 Å². The monoisotopic (exact) mass is 411 g/mol. The summed E-state index contributed by atoms with van der Waals surface area (Å²) in [6, 6.07) is 17.9. The van der Waals surface area contributed by atoms with E-state index in [1.54, 1.807) is 6.26 Å². The topological polar surface area (TPSA) is 60.7 Å². The van der Waals surface area contributed by atoms with Gasteiger partial charge in [-0.15, -0.1) is 0 Å². The van der Waals surface area contributed by atoms with Gasteiger partial charge in [0.15, 0.2) is 0 Å². The van der Waals surface area contributed by atoms with Gasteiger partial charge in [-0.2, -0.15) is 5.26 Å². The molecule has 1 aromatic carbocycles. The maximum absolute atomic E-state index is 9.16. The lowest BCUT2D eigenvalue weighted by molar-refractivity contribution is 0.266. The number of nitriles is 1. The number of pyridine rings is 1. The van der Waals surface area contributed by atoms with Crippen LogP contribution in [0.1, 0.15) is 17.7 Å². The first-order valence-corrected chi connectivity index (χ1v) is 10.7. The van der Waals surface area contributed by atoms with Crippen molar-refractivity contribution < 1.29 is 4.42 Å². The highest BCUT2D eigenvalue weighted by Gasteiger charge is 2.20. The van der Waals surface area contributed by atoms with Crippen LogP contribution >= 0.6 is 0 Å². The molecule has 0 bridgehead atoms. The highest BCUT2D eigenvalue weighted by atomic mass is 16.3. The number of hydrogen-bond donors (Lipinski definition) is 0. The Balaban J connectivity index is 1.60. The van der Waals surface area contributed by atoms with Crippen molar-refractivity contribution in [3.05, 3.63) is 72.2 Å². The SMILES string of the molecule is CN1CCCN(Cc2c(-c3ccc(C#N)cc3)nc3ccc(-c4ccco4)cn23)CC1. The molecule has 156 valence electrons. The Kier molecular flexibility index (Phi) is 5.29. The number of imidazole rings is 1. The van der Waals surface area contributed by atoms with Crippen molar-refractivity contribution in [3.8, 4) is 28.7 Å². The third-order valence-electron chi connectivity index (χ3n) is 6.00. The number of furan rings is 1. The van der Waals surface area contributed by atoms with Crippen LogP contribution in [0.15, 0.2) is 65.4 Å². The summed E-state index contributed by atoms with van der Waals surface area (Å²) < 4.78 is 7.82. The minimum Gasteiger partial charge on any atom is -0.464 e. The van der Waals surface area contributed by atoms with Crippen LogP contribution in [-0.4, -0.2) is 52.4 Å². The molecule has 0 atom stereocenters. The molecular weight excluding hydrogens is 386 g/mol. The summed E-state index contributed by atoms with van der Waals surface area (Å²) in [5.74, 6) is 0.845. The normalized spacial score (nSPS) is 15.7. The minimum absolute atomic E-state index is 0.657. The number of benzene rings is 1. The molecular formula is C25H25N5O. The van der Waals surface area contributed by atoms with Gasteiger partial charge >= 0.3 is 0 Å². The molecule has 0 unspecified atom stereocenters. The van der Waals surface area contributed by atoms with Gasteiger partial charge in [-0.1, -0.05) is 12.1 Å². The first-order valence-electron chi connectivity index (χ1n) is 10.7. The molecule has 5 rings (SSSR count). The van der Waals surface area contributed by atoms with E-state index in [1.807, 2.05) is 42.5 Å². The zero-order chi connectivity index (χ0) is 21.2. The molecule has 1 saturated heterocycles. The third-order valence-corrected chi connectivity index (χ3v) is 6.00. The van der Waals surface area contributed by atoms with Gasteiger partial charge in [-0.3, -0.25) is 4.90 Å². The van der Waals surface area contributed by atoms with Crippen LogP contribution in [0, 0.1) is 11.3 Å². The van der Waals surface area contributed by atoms with Gasteiger partial charge in [0, 0.05) is 37.0 Å². The second kappa shape index (κ2) is 8.38. The van der Waals surface area contributed by atoms with Gasteiger partial charge in [-0.25, -0.2) is 4.98 Å². The van der Waals surface area contributed by atoms with Crippen molar-refractivity contribution in [2.75, 3.05) is 33.2 Å². The second-order valence-electron chi connectivity index (χ2n) is 8.15. The van der Waals surface area contributed by atoms with Gasteiger partial charge in [0.05, 0.1) is 29.3 Å². The Morgan fingerprint density at radius 1 is 1.00 bits per heavy atom. The molecule has 4 aromatic rings. The van der Waals surface area contributed by atoms with Gasteiger partial charge in [-0.05, 0) is 63.0 Å². The molecule has 3 aromatic heterocycles. The van der Waals surface area contributed by atoms with Gasteiger partial charge in [0.2, 0.25) is 0 Å². The highest BCUT2D eigenvalue weighted by Crippen LogP contribution is 2.29. The van der Waals surface area contributed by atoms with Gasteiger partial charge in [0.1, 0.15) is 11.4 Å². The summed E-state index contributed by atoms with van der Waals surface area (Å²) in [7, 11) is 2.19. The van der Waals surface area contributed by atoms with Crippen LogP contribution in [0.25, 0.3) is 28.2 Å². The van der Waals surface area contributed by atoms with E-state index in [1.165, 1.54) is 0 Å². The Bertz CT molecular complexity index is 1220. The van der Waals surface area contributed by atoms with E-state index in [0.717, 1.165) is 73.1 Å². The molecule has 0 aliphatic carbocycles. The molecule has 1 fully saturated rings. The van der Waals surface area contributed by atoms with E-state index < -0.39 is 0 Å². The lowest BCUT2D eigenvalue weighted by atomic mass is 10.1. The van der Waals surface area contributed by atoms with Crippen molar-refractivity contribution in [3.63, 3.8) is 0 Å². The summed E-state index contributed by atoms with van der Waals surface area (Å²) in [6.45, 7) is 5.14. The average molecular weight is 412 g/mol. The van der Waals surface area contributed by atoms with E-state index in [0.29, 0.717) is 5.56 Å². The molecule has 0 spiro atoms. The average Bonchev–Trinajstić information content (AvgIpc) is 3.40. The summed E-state index contributed by atoms with van der Waals surface area (Å²) in [4.78, 5) is 9.88. The van der Waals surface area contributed by atoms with Crippen LogP contribution in [0.4, 0.5) is 0 Å². The second-order valence-corrected chi connectivity index (χ2v) is 8.15. The molecule has 1 aliphatic rings. The minimum atomic E-state index is 0.657. The van der Waals surface area contributed by atoms with Crippen LogP contribution in [0.2, 0.25) is 0 Å². The zero-order valence-electron chi connectivity index (χ0n) is 17.7. The number of nitrogens with zero attached hydrogens (tertiary/aromatic N) is 5. The zero-order valence-corrected chi connectivity index (χ0v) is 17.7. The fourth-order valence-corrected chi connectivity index (χ4v) is 4.24. The fraction of sp³-hybridized carbons (Fsp3) is 0.280.